The number of likely N-dealkylation sites (tertiary alicyclic amines) is 1. The van der Waals surface area contributed by atoms with Crippen LogP contribution in [0.15, 0.2) is 0 Å². The summed E-state index contributed by atoms with van der Waals surface area (Å²) < 4.78 is 65.2. The van der Waals surface area contributed by atoms with E-state index in [0.29, 0.717) is 0 Å². The average Bonchev–Trinajstić information content (AvgIpc) is 2.83. The molecule has 1 unspecified atom stereocenters. The van der Waals surface area contributed by atoms with E-state index in [4.69, 9.17) is 5.11 Å². The summed E-state index contributed by atoms with van der Waals surface area (Å²) in [5.41, 5.74) is -2.96. The molecule has 1 heterocycles. The van der Waals surface area contributed by atoms with Gasteiger partial charge in [0.25, 0.3) is 0 Å². The third-order valence-corrected chi connectivity index (χ3v) is 4.60. The average molecular weight is 329 g/mol. The first-order chi connectivity index (χ1) is 9.98. The summed E-state index contributed by atoms with van der Waals surface area (Å²) in [5, 5.41) is 8.92. The Morgan fingerprint density at radius 1 is 1.09 bits per heavy atom. The molecule has 1 aliphatic carbocycles. The molecule has 0 aromatic carbocycles. The number of carboxylic acid groups (broad SMARTS) is 1. The van der Waals surface area contributed by atoms with Crippen molar-refractivity contribution in [2.24, 2.45) is 11.3 Å². The number of alkyl halides is 5. The number of aliphatic carboxylic acids is 1. The number of amides is 1. The van der Waals surface area contributed by atoms with Crippen LogP contribution in [-0.2, 0) is 9.59 Å². The Morgan fingerprint density at radius 2 is 1.64 bits per heavy atom. The molecule has 1 atom stereocenters. The Hall–Kier alpha value is -1.41. The Bertz CT molecular complexity index is 469. The number of carbonyl (C=O) groups is 2. The van der Waals surface area contributed by atoms with Crippen LogP contribution in [0.2, 0.25) is 0 Å². The molecule has 0 aromatic heterocycles. The molecule has 126 valence electrons. The highest BCUT2D eigenvalue weighted by Crippen LogP contribution is 2.46. The van der Waals surface area contributed by atoms with Crippen LogP contribution in [-0.4, -0.2) is 47.1 Å². The third-order valence-electron chi connectivity index (χ3n) is 4.60. The fourth-order valence-corrected chi connectivity index (χ4v) is 3.07. The summed E-state index contributed by atoms with van der Waals surface area (Å²) in [4.78, 5) is 24.1. The fraction of sp³-hybridized carbons (Fsp3) is 0.846. The smallest absolute Gasteiger partial charge is 0.406 e. The van der Waals surface area contributed by atoms with Gasteiger partial charge in [0, 0.05) is 31.8 Å². The van der Waals surface area contributed by atoms with Crippen molar-refractivity contribution in [1.82, 2.24) is 4.90 Å². The number of carboxylic acids is 1. The highest BCUT2D eigenvalue weighted by atomic mass is 19.4. The van der Waals surface area contributed by atoms with Gasteiger partial charge >= 0.3 is 12.1 Å². The minimum absolute atomic E-state index is 0.0889. The van der Waals surface area contributed by atoms with E-state index in [-0.39, 0.29) is 19.4 Å². The largest absolute Gasteiger partial charge is 0.481 e. The van der Waals surface area contributed by atoms with Crippen LogP contribution in [0.25, 0.3) is 0 Å². The zero-order valence-corrected chi connectivity index (χ0v) is 11.6. The summed E-state index contributed by atoms with van der Waals surface area (Å²) in [6.07, 6.45) is -6.79. The molecule has 1 saturated carbocycles. The second-order valence-electron chi connectivity index (χ2n) is 6.03. The Balaban J connectivity index is 2.06. The molecular weight excluding hydrogens is 313 g/mol. The molecule has 0 bridgehead atoms. The van der Waals surface area contributed by atoms with Gasteiger partial charge < -0.3 is 10.0 Å². The van der Waals surface area contributed by atoms with Crippen molar-refractivity contribution >= 4 is 11.9 Å². The van der Waals surface area contributed by atoms with Gasteiger partial charge in [-0.3, -0.25) is 9.59 Å². The van der Waals surface area contributed by atoms with Crippen LogP contribution >= 0.6 is 0 Å². The van der Waals surface area contributed by atoms with Crippen molar-refractivity contribution in [1.29, 1.82) is 0 Å². The number of hydrogen-bond donors (Lipinski definition) is 1. The molecule has 2 fully saturated rings. The fourth-order valence-electron chi connectivity index (χ4n) is 3.07. The first-order valence-electron chi connectivity index (χ1n) is 6.95. The Morgan fingerprint density at radius 3 is 2.05 bits per heavy atom. The number of rotatable bonds is 2. The first kappa shape index (κ1) is 17.0. The van der Waals surface area contributed by atoms with Crippen molar-refractivity contribution in [2.75, 3.05) is 13.1 Å². The normalized spacial score (nSPS) is 29.6. The maximum Gasteiger partial charge on any atom is 0.406 e. The number of nitrogens with zero attached hydrogens (tertiary/aromatic N) is 1. The van der Waals surface area contributed by atoms with Crippen LogP contribution in [0, 0.1) is 11.3 Å². The van der Waals surface area contributed by atoms with E-state index in [2.05, 4.69) is 0 Å². The number of carbonyl (C=O) groups excluding carboxylic acids is 1. The van der Waals surface area contributed by atoms with Crippen molar-refractivity contribution in [3.05, 3.63) is 0 Å². The van der Waals surface area contributed by atoms with Gasteiger partial charge in [-0.2, -0.15) is 13.2 Å². The lowest BCUT2D eigenvalue weighted by Gasteiger charge is -2.31. The van der Waals surface area contributed by atoms with Gasteiger partial charge in [-0.25, -0.2) is 8.78 Å². The maximum absolute atomic E-state index is 13.1. The molecule has 2 rings (SSSR count). The molecule has 4 nitrogen and oxygen atoms in total. The van der Waals surface area contributed by atoms with Gasteiger partial charge in [0.05, 0.1) is 0 Å². The van der Waals surface area contributed by atoms with Crippen LogP contribution in [0.4, 0.5) is 22.0 Å². The highest BCUT2D eigenvalue weighted by Gasteiger charge is 2.64. The first-order valence-corrected chi connectivity index (χ1v) is 6.95. The van der Waals surface area contributed by atoms with E-state index >= 15 is 0 Å². The van der Waals surface area contributed by atoms with Crippen LogP contribution in [0.5, 0.6) is 0 Å². The van der Waals surface area contributed by atoms with Crippen molar-refractivity contribution in [3.8, 4) is 0 Å². The molecule has 2 aliphatic rings. The predicted octanol–water partition coefficient (Wildman–Crippen LogP) is 2.68. The third kappa shape index (κ3) is 2.89. The molecule has 0 spiro atoms. The zero-order chi connectivity index (χ0) is 16.8. The summed E-state index contributed by atoms with van der Waals surface area (Å²) in [6, 6.07) is 0. The van der Waals surface area contributed by atoms with E-state index in [1.54, 1.807) is 0 Å². The monoisotopic (exact) mass is 329 g/mol. The zero-order valence-electron chi connectivity index (χ0n) is 11.6. The minimum atomic E-state index is -4.96. The molecule has 1 amide bonds. The maximum atomic E-state index is 13.1. The van der Waals surface area contributed by atoms with Gasteiger partial charge in [0.15, 0.2) is 5.41 Å². The SMILES string of the molecule is O=C(C1CCC(F)(F)CC1)N1CCC(C(=O)O)(C(F)(F)F)C1. The van der Waals surface area contributed by atoms with Crippen LogP contribution in [0.1, 0.15) is 32.1 Å². The summed E-state index contributed by atoms with van der Waals surface area (Å²) in [5.74, 6) is -6.25. The Kier molecular flexibility index (Phi) is 4.12. The molecule has 0 radical (unpaired) electrons. The number of halogens is 5. The summed E-state index contributed by atoms with van der Waals surface area (Å²) in [6.45, 7) is -1.27. The van der Waals surface area contributed by atoms with E-state index in [1.165, 1.54) is 0 Å². The molecule has 1 N–H and O–H groups in total. The lowest BCUT2D eigenvalue weighted by Crippen LogP contribution is -2.48. The van der Waals surface area contributed by atoms with Gasteiger partial charge in [0.1, 0.15) is 0 Å². The van der Waals surface area contributed by atoms with E-state index in [9.17, 15) is 31.5 Å². The number of hydrogen-bond acceptors (Lipinski definition) is 2. The van der Waals surface area contributed by atoms with E-state index in [1.807, 2.05) is 0 Å². The van der Waals surface area contributed by atoms with Gasteiger partial charge in [-0.05, 0) is 19.3 Å². The summed E-state index contributed by atoms with van der Waals surface area (Å²) in [7, 11) is 0. The lowest BCUT2D eigenvalue weighted by molar-refractivity contribution is -0.227. The van der Waals surface area contributed by atoms with E-state index < -0.39 is 61.1 Å². The standard InChI is InChI=1S/C13H16F5NO3/c14-12(15)3-1-8(2-4-12)9(20)19-6-5-11(7-19,10(21)22)13(16,17)18/h8H,1-7H2,(H,21,22). The van der Waals surface area contributed by atoms with Crippen molar-refractivity contribution < 1.29 is 36.6 Å². The van der Waals surface area contributed by atoms with Crippen LogP contribution in [0.3, 0.4) is 0 Å². The molecule has 1 saturated heterocycles. The summed E-state index contributed by atoms with van der Waals surface area (Å²) >= 11 is 0. The van der Waals surface area contributed by atoms with Gasteiger partial charge in [-0.1, -0.05) is 0 Å². The molecule has 22 heavy (non-hydrogen) atoms. The molecule has 1 aliphatic heterocycles. The van der Waals surface area contributed by atoms with Crippen molar-refractivity contribution in [2.45, 2.75) is 44.2 Å². The minimum Gasteiger partial charge on any atom is -0.481 e. The molecular formula is C13H16F5NO3. The van der Waals surface area contributed by atoms with Crippen LogP contribution < -0.4 is 0 Å². The van der Waals surface area contributed by atoms with Crippen molar-refractivity contribution in [3.63, 3.8) is 0 Å². The second-order valence-corrected chi connectivity index (χ2v) is 6.03. The van der Waals surface area contributed by atoms with E-state index in [0.717, 1.165) is 4.90 Å². The predicted molar refractivity (Wildman–Crippen MR) is 64.2 cm³/mol. The quantitative estimate of drug-likeness (QED) is 0.793. The topological polar surface area (TPSA) is 57.6 Å². The second kappa shape index (κ2) is 5.34. The highest BCUT2D eigenvalue weighted by molar-refractivity contribution is 5.82. The van der Waals surface area contributed by atoms with Gasteiger partial charge in [0.2, 0.25) is 11.8 Å². The molecule has 0 aromatic rings. The molecule has 9 heteroatoms. The van der Waals surface area contributed by atoms with Gasteiger partial charge in [-0.15, -0.1) is 0 Å². The lowest BCUT2D eigenvalue weighted by atomic mass is 9.85. The Labute approximate surface area is 123 Å².